The molecule has 1 aromatic carbocycles. The van der Waals surface area contributed by atoms with Gasteiger partial charge in [-0.3, -0.25) is 4.99 Å². The van der Waals surface area contributed by atoms with E-state index in [9.17, 15) is 8.78 Å². The van der Waals surface area contributed by atoms with Crippen molar-refractivity contribution in [2.24, 2.45) is 4.99 Å². The predicted molar refractivity (Wildman–Crippen MR) is 110 cm³/mol. The molecule has 0 spiro atoms. The van der Waals surface area contributed by atoms with E-state index in [0.717, 1.165) is 16.8 Å². The number of methoxy groups -OCH3 is 1. The van der Waals surface area contributed by atoms with Crippen LogP contribution in [0.1, 0.15) is 49.1 Å². The van der Waals surface area contributed by atoms with Crippen LogP contribution in [-0.4, -0.2) is 43.1 Å². The molecule has 2 atom stereocenters. The van der Waals surface area contributed by atoms with Gasteiger partial charge >= 0.3 is 0 Å². The molecule has 0 aliphatic rings. The van der Waals surface area contributed by atoms with Crippen molar-refractivity contribution in [3.05, 3.63) is 51.5 Å². The molecular formula is C20H28F2N4OS. The van der Waals surface area contributed by atoms with Gasteiger partial charge in [0.05, 0.1) is 12.2 Å². The Morgan fingerprint density at radius 1 is 1.36 bits per heavy atom. The molecule has 0 saturated heterocycles. The van der Waals surface area contributed by atoms with Gasteiger partial charge in [-0.15, -0.1) is 11.3 Å². The molecule has 2 unspecified atom stereocenters. The van der Waals surface area contributed by atoms with Crippen molar-refractivity contribution in [1.82, 2.24) is 15.2 Å². The lowest BCUT2D eigenvalue weighted by Crippen LogP contribution is -2.38. The molecule has 2 rings (SSSR count). The third-order valence-electron chi connectivity index (χ3n) is 4.37. The summed E-state index contributed by atoms with van der Waals surface area (Å²) < 4.78 is 32.4. The second-order valence-electron chi connectivity index (χ2n) is 6.67. The average molecular weight is 411 g/mol. The van der Waals surface area contributed by atoms with E-state index in [2.05, 4.69) is 15.3 Å². The van der Waals surface area contributed by atoms with E-state index in [1.165, 1.54) is 12.1 Å². The number of nitrogens with one attached hydrogen (secondary N) is 1. The van der Waals surface area contributed by atoms with E-state index >= 15 is 0 Å². The molecule has 28 heavy (non-hydrogen) atoms. The number of guanidine groups is 1. The first kappa shape index (κ1) is 22.2. The Balaban J connectivity index is 2.06. The Kier molecular flexibility index (Phi) is 8.32. The normalized spacial score (nSPS) is 14.0. The van der Waals surface area contributed by atoms with E-state index in [1.54, 1.807) is 18.4 Å². The number of rotatable bonds is 8. The molecule has 2 aromatic rings. The van der Waals surface area contributed by atoms with Crippen LogP contribution in [0, 0.1) is 11.6 Å². The van der Waals surface area contributed by atoms with Crippen LogP contribution in [-0.2, 0) is 11.3 Å². The molecule has 0 aliphatic heterocycles. The van der Waals surface area contributed by atoms with Gasteiger partial charge < -0.3 is 15.0 Å². The average Bonchev–Trinajstić information content (AvgIpc) is 3.12. The van der Waals surface area contributed by atoms with Gasteiger partial charge in [0, 0.05) is 44.6 Å². The molecular weight excluding hydrogens is 382 g/mol. The molecule has 0 bridgehead atoms. The largest absolute Gasteiger partial charge is 0.375 e. The monoisotopic (exact) mass is 410 g/mol. The van der Waals surface area contributed by atoms with E-state index in [4.69, 9.17) is 4.74 Å². The maximum atomic E-state index is 14.0. The summed E-state index contributed by atoms with van der Waals surface area (Å²) in [5.41, 5.74) is 1.40. The molecule has 0 aliphatic carbocycles. The van der Waals surface area contributed by atoms with Gasteiger partial charge in [0.1, 0.15) is 22.7 Å². The SMILES string of the molecule is CCNC(=NCC(C)c1ccc(F)cc1F)N(C)Cc1csc(C(C)OC)n1. The lowest BCUT2D eigenvalue weighted by atomic mass is 10.0. The zero-order valence-corrected chi connectivity index (χ0v) is 17.8. The smallest absolute Gasteiger partial charge is 0.194 e. The molecule has 1 heterocycles. The first-order chi connectivity index (χ1) is 13.3. The topological polar surface area (TPSA) is 49.8 Å². The summed E-state index contributed by atoms with van der Waals surface area (Å²) in [5, 5.41) is 6.20. The number of thiazole rings is 1. The summed E-state index contributed by atoms with van der Waals surface area (Å²) in [6.07, 6.45) is -0.0302. The number of halogens is 2. The van der Waals surface area contributed by atoms with Gasteiger partial charge in [0.15, 0.2) is 5.96 Å². The summed E-state index contributed by atoms with van der Waals surface area (Å²) in [6, 6.07) is 3.67. The molecule has 8 heteroatoms. The standard InChI is InChI=1S/C20H28F2N4OS/c1-6-23-20(24-10-13(2)17-8-7-15(21)9-18(17)22)26(4)11-16-12-28-19(25-16)14(3)27-5/h7-9,12-14H,6,10-11H2,1-5H3,(H,23,24). The molecule has 5 nitrogen and oxygen atoms in total. The lowest BCUT2D eigenvalue weighted by molar-refractivity contribution is 0.119. The van der Waals surface area contributed by atoms with Crippen molar-refractivity contribution in [1.29, 1.82) is 0 Å². The van der Waals surface area contributed by atoms with Crippen LogP contribution in [0.2, 0.25) is 0 Å². The van der Waals surface area contributed by atoms with Gasteiger partial charge in [-0.1, -0.05) is 13.0 Å². The van der Waals surface area contributed by atoms with Crippen LogP contribution < -0.4 is 5.32 Å². The summed E-state index contributed by atoms with van der Waals surface area (Å²) >= 11 is 1.57. The highest BCUT2D eigenvalue weighted by Crippen LogP contribution is 2.22. The number of hydrogen-bond donors (Lipinski definition) is 1. The molecule has 0 fully saturated rings. The van der Waals surface area contributed by atoms with Crippen molar-refractivity contribution in [2.45, 2.75) is 39.3 Å². The minimum atomic E-state index is -0.574. The molecule has 1 aromatic heterocycles. The highest BCUT2D eigenvalue weighted by atomic mass is 32.1. The summed E-state index contributed by atoms with van der Waals surface area (Å²) in [6.45, 7) is 7.53. The number of aliphatic imine (C=N–C) groups is 1. The maximum absolute atomic E-state index is 14.0. The van der Waals surface area contributed by atoms with E-state index in [1.807, 2.05) is 38.1 Å². The van der Waals surface area contributed by atoms with Crippen LogP contribution in [0.25, 0.3) is 0 Å². The number of nitrogens with zero attached hydrogens (tertiary/aromatic N) is 3. The fourth-order valence-corrected chi connectivity index (χ4v) is 3.54. The number of benzene rings is 1. The third-order valence-corrected chi connectivity index (χ3v) is 5.43. The predicted octanol–water partition coefficient (Wildman–Crippen LogP) is 4.33. The van der Waals surface area contributed by atoms with Gasteiger partial charge in [-0.25, -0.2) is 13.8 Å². The quantitative estimate of drug-likeness (QED) is 0.520. The highest BCUT2D eigenvalue weighted by molar-refractivity contribution is 7.09. The van der Waals surface area contributed by atoms with E-state index in [0.29, 0.717) is 31.2 Å². The first-order valence-corrected chi connectivity index (χ1v) is 10.1. The van der Waals surface area contributed by atoms with Gasteiger partial charge in [0.2, 0.25) is 0 Å². The Hall–Kier alpha value is -2.06. The van der Waals surface area contributed by atoms with E-state index < -0.39 is 11.6 Å². The Labute approximate surface area is 169 Å². The second kappa shape index (κ2) is 10.5. The van der Waals surface area contributed by atoms with Crippen LogP contribution in [0.15, 0.2) is 28.6 Å². The van der Waals surface area contributed by atoms with Crippen molar-refractivity contribution in [3.8, 4) is 0 Å². The Morgan fingerprint density at radius 2 is 2.11 bits per heavy atom. The molecule has 0 saturated carbocycles. The van der Waals surface area contributed by atoms with Crippen molar-refractivity contribution in [3.63, 3.8) is 0 Å². The zero-order chi connectivity index (χ0) is 20.7. The summed E-state index contributed by atoms with van der Waals surface area (Å²) in [7, 11) is 3.60. The van der Waals surface area contributed by atoms with Gasteiger partial charge in [0.25, 0.3) is 0 Å². The lowest BCUT2D eigenvalue weighted by Gasteiger charge is -2.22. The van der Waals surface area contributed by atoms with Crippen molar-refractivity contribution < 1.29 is 13.5 Å². The van der Waals surface area contributed by atoms with Crippen molar-refractivity contribution >= 4 is 17.3 Å². The van der Waals surface area contributed by atoms with Crippen molar-refractivity contribution in [2.75, 3.05) is 27.2 Å². The summed E-state index contributed by atoms with van der Waals surface area (Å²) in [5.74, 6) is -0.568. The first-order valence-electron chi connectivity index (χ1n) is 9.27. The molecule has 0 radical (unpaired) electrons. The molecule has 1 N–H and O–H groups in total. The molecule has 154 valence electrons. The Morgan fingerprint density at radius 3 is 2.75 bits per heavy atom. The van der Waals surface area contributed by atoms with Crippen LogP contribution in [0.5, 0.6) is 0 Å². The minimum absolute atomic E-state index is 0.0302. The second-order valence-corrected chi connectivity index (χ2v) is 7.56. The van der Waals surface area contributed by atoms with Gasteiger partial charge in [-0.05, 0) is 25.5 Å². The summed E-state index contributed by atoms with van der Waals surface area (Å²) in [4.78, 5) is 11.2. The van der Waals surface area contributed by atoms with Gasteiger partial charge in [-0.2, -0.15) is 0 Å². The molecule has 0 amide bonds. The van der Waals surface area contributed by atoms with Crippen LogP contribution in [0.3, 0.4) is 0 Å². The number of hydrogen-bond acceptors (Lipinski definition) is 4. The van der Waals surface area contributed by atoms with Crippen LogP contribution >= 0.6 is 11.3 Å². The van der Waals surface area contributed by atoms with Crippen LogP contribution in [0.4, 0.5) is 8.78 Å². The zero-order valence-electron chi connectivity index (χ0n) is 17.0. The van der Waals surface area contributed by atoms with E-state index in [-0.39, 0.29) is 12.0 Å². The maximum Gasteiger partial charge on any atom is 0.194 e. The third kappa shape index (κ3) is 5.97. The highest BCUT2D eigenvalue weighted by Gasteiger charge is 2.15. The fraction of sp³-hybridized carbons (Fsp3) is 0.500. The Bertz CT molecular complexity index is 796. The number of aromatic nitrogens is 1. The number of ether oxygens (including phenoxy) is 1. The fourth-order valence-electron chi connectivity index (χ4n) is 2.69. The minimum Gasteiger partial charge on any atom is -0.375 e.